The third kappa shape index (κ3) is 8.81. The van der Waals surface area contributed by atoms with Gasteiger partial charge in [-0.1, -0.05) is 26.0 Å². The van der Waals surface area contributed by atoms with Crippen LogP contribution >= 0.6 is 0 Å². The highest BCUT2D eigenvalue weighted by atomic mass is 32.2. The van der Waals surface area contributed by atoms with Crippen LogP contribution in [0.5, 0.6) is 23.0 Å². The minimum absolute atomic E-state index is 0.0778. The van der Waals surface area contributed by atoms with Crippen molar-refractivity contribution in [1.29, 1.82) is 0 Å². The van der Waals surface area contributed by atoms with E-state index < -0.39 is 28.5 Å². The summed E-state index contributed by atoms with van der Waals surface area (Å²) in [5.74, 6) is 0.910. The van der Waals surface area contributed by atoms with Crippen molar-refractivity contribution in [3.63, 3.8) is 0 Å². The molecule has 0 saturated carbocycles. The number of hydrogen-bond donors (Lipinski definition) is 1. The average molecular weight is 642 g/mol. The van der Waals surface area contributed by atoms with Gasteiger partial charge >= 0.3 is 0 Å². The Kier molecular flexibility index (Phi) is 12.9. The number of methoxy groups -OCH3 is 3. The summed E-state index contributed by atoms with van der Waals surface area (Å²) < 4.78 is 51.0. The Morgan fingerprint density at radius 2 is 1.47 bits per heavy atom. The van der Waals surface area contributed by atoms with Crippen LogP contribution in [0.1, 0.15) is 39.2 Å². The first-order valence-electron chi connectivity index (χ1n) is 14.8. The normalized spacial score (nSPS) is 11.7. The lowest BCUT2D eigenvalue weighted by atomic mass is 10.1. The molecule has 0 aliphatic carbocycles. The number of carbonyl (C=O) groups excluding carboxylic acids is 2. The van der Waals surface area contributed by atoms with Crippen molar-refractivity contribution in [2.75, 3.05) is 45.3 Å². The van der Waals surface area contributed by atoms with E-state index >= 15 is 0 Å². The smallest absolute Gasteiger partial charge is 0.264 e. The molecule has 12 heteroatoms. The Morgan fingerprint density at radius 1 is 0.822 bits per heavy atom. The Morgan fingerprint density at radius 3 is 2.02 bits per heavy atom. The Balaban J connectivity index is 2.10. The van der Waals surface area contributed by atoms with Gasteiger partial charge in [0.15, 0.2) is 11.5 Å². The molecule has 0 aliphatic rings. The summed E-state index contributed by atoms with van der Waals surface area (Å²) in [6.07, 6.45) is 1.05. The molecule has 0 fully saturated rings. The Hall–Kier alpha value is -4.45. The second-order valence-electron chi connectivity index (χ2n) is 10.0. The summed E-state index contributed by atoms with van der Waals surface area (Å²) in [6, 6.07) is 17.0. The molecule has 3 aromatic carbocycles. The fraction of sp³-hybridized carbons (Fsp3) is 0.394. The lowest BCUT2D eigenvalue weighted by molar-refractivity contribution is -0.140. The lowest BCUT2D eigenvalue weighted by Crippen LogP contribution is -2.52. The molecule has 0 heterocycles. The van der Waals surface area contributed by atoms with Gasteiger partial charge in [-0.05, 0) is 73.9 Å². The van der Waals surface area contributed by atoms with Gasteiger partial charge in [0.1, 0.15) is 24.1 Å². The van der Waals surface area contributed by atoms with E-state index in [0.717, 1.165) is 16.3 Å². The Bertz CT molecular complexity index is 1510. The molecule has 0 aliphatic heterocycles. The van der Waals surface area contributed by atoms with Gasteiger partial charge in [0.25, 0.3) is 10.0 Å². The van der Waals surface area contributed by atoms with E-state index in [4.69, 9.17) is 18.9 Å². The molecule has 0 bridgehead atoms. The van der Waals surface area contributed by atoms with Crippen molar-refractivity contribution in [2.24, 2.45) is 0 Å². The molecule has 0 saturated heterocycles. The molecular formula is C33H43N3O8S. The number of amides is 2. The number of ether oxygens (including phenoxy) is 4. The van der Waals surface area contributed by atoms with E-state index in [2.05, 4.69) is 5.32 Å². The predicted molar refractivity (Wildman–Crippen MR) is 173 cm³/mol. The monoisotopic (exact) mass is 641 g/mol. The highest BCUT2D eigenvalue weighted by Crippen LogP contribution is 2.33. The third-order valence-corrected chi connectivity index (χ3v) is 8.87. The first-order chi connectivity index (χ1) is 21.6. The largest absolute Gasteiger partial charge is 0.497 e. The summed E-state index contributed by atoms with van der Waals surface area (Å²) in [5.41, 5.74) is 0.996. The van der Waals surface area contributed by atoms with Crippen LogP contribution in [0.2, 0.25) is 0 Å². The summed E-state index contributed by atoms with van der Waals surface area (Å²) in [5, 5.41) is 2.88. The van der Waals surface area contributed by atoms with E-state index in [-0.39, 0.29) is 28.8 Å². The van der Waals surface area contributed by atoms with Gasteiger partial charge < -0.3 is 29.2 Å². The SMILES string of the molecule is CCCNC(=O)[C@H](CC)N(Cc1ccc(OC)cc1)C(=O)CN(c1ccc(OCC)cc1)S(=O)(=O)c1ccc(OC)c(OC)c1. The topological polar surface area (TPSA) is 124 Å². The average Bonchev–Trinajstić information content (AvgIpc) is 3.06. The number of rotatable bonds is 17. The van der Waals surface area contributed by atoms with Crippen LogP contribution in [-0.2, 0) is 26.2 Å². The lowest BCUT2D eigenvalue weighted by Gasteiger charge is -2.33. The van der Waals surface area contributed by atoms with E-state index in [1.807, 2.05) is 20.8 Å². The fourth-order valence-electron chi connectivity index (χ4n) is 4.72. The molecule has 1 N–H and O–H groups in total. The molecule has 2 amide bonds. The van der Waals surface area contributed by atoms with Crippen LogP contribution < -0.4 is 28.6 Å². The number of nitrogens with zero attached hydrogens (tertiary/aromatic N) is 2. The van der Waals surface area contributed by atoms with Gasteiger partial charge in [-0.25, -0.2) is 8.42 Å². The molecule has 0 spiro atoms. The number of anilines is 1. The number of nitrogens with one attached hydrogen (secondary N) is 1. The predicted octanol–water partition coefficient (Wildman–Crippen LogP) is 4.64. The highest BCUT2D eigenvalue weighted by Gasteiger charge is 2.34. The fourth-order valence-corrected chi connectivity index (χ4v) is 6.15. The molecule has 0 unspecified atom stereocenters. The number of benzene rings is 3. The summed E-state index contributed by atoms with van der Waals surface area (Å²) >= 11 is 0. The van der Waals surface area contributed by atoms with Crippen molar-refractivity contribution >= 4 is 27.5 Å². The zero-order chi connectivity index (χ0) is 33.0. The maximum Gasteiger partial charge on any atom is 0.264 e. The van der Waals surface area contributed by atoms with Crippen LogP contribution in [0.15, 0.2) is 71.6 Å². The van der Waals surface area contributed by atoms with Crippen LogP contribution in [0.25, 0.3) is 0 Å². The standard InChI is InChI=1S/C33H43N3O8S/c1-7-20-34-33(38)29(8-2)35(22-24-10-14-26(41-4)15-11-24)32(37)23-36(25-12-16-27(17-13-25)44-9-3)45(39,40)28-18-19-30(42-5)31(21-28)43-6/h10-19,21,29H,7-9,20,22-23H2,1-6H3,(H,34,38)/t29-/m0/s1. The second kappa shape index (κ2) is 16.6. The van der Waals surface area contributed by atoms with Gasteiger partial charge in [-0.2, -0.15) is 0 Å². The van der Waals surface area contributed by atoms with Crippen molar-refractivity contribution in [1.82, 2.24) is 10.2 Å². The molecule has 244 valence electrons. The molecule has 0 aromatic heterocycles. The molecule has 45 heavy (non-hydrogen) atoms. The molecule has 11 nitrogen and oxygen atoms in total. The molecule has 0 radical (unpaired) electrons. The molecule has 3 rings (SSSR count). The third-order valence-electron chi connectivity index (χ3n) is 7.10. The van der Waals surface area contributed by atoms with Crippen LogP contribution in [0.4, 0.5) is 5.69 Å². The van der Waals surface area contributed by atoms with Gasteiger partial charge in [-0.15, -0.1) is 0 Å². The van der Waals surface area contributed by atoms with Crippen molar-refractivity contribution in [3.05, 3.63) is 72.3 Å². The van der Waals surface area contributed by atoms with E-state index in [1.165, 1.54) is 37.3 Å². The zero-order valence-corrected chi connectivity index (χ0v) is 27.6. The zero-order valence-electron chi connectivity index (χ0n) is 26.7. The van der Waals surface area contributed by atoms with Gasteiger partial charge in [0, 0.05) is 19.2 Å². The summed E-state index contributed by atoms with van der Waals surface area (Å²) in [4.78, 5) is 28.9. The number of sulfonamides is 1. The maximum absolute atomic E-state index is 14.2. The Labute approximate surface area is 266 Å². The quantitative estimate of drug-likeness (QED) is 0.226. The first-order valence-corrected chi connectivity index (χ1v) is 16.2. The number of hydrogen-bond acceptors (Lipinski definition) is 8. The summed E-state index contributed by atoms with van der Waals surface area (Å²) in [7, 11) is 0.102. The van der Waals surface area contributed by atoms with Gasteiger partial charge in [0.05, 0.1) is 38.5 Å². The van der Waals surface area contributed by atoms with Crippen LogP contribution in [0.3, 0.4) is 0 Å². The van der Waals surface area contributed by atoms with Crippen molar-refractivity contribution in [3.8, 4) is 23.0 Å². The maximum atomic E-state index is 14.2. The van der Waals surface area contributed by atoms with E-state index in [9.17, 15) is 18.0 Å². The van der Waals surface area contributed by atoms with Crippen LogP contribution in [-0.4, -0.2) is 72.2 Å². The minimum atomic E-state index is -4.32. The molecule has 3 aromatic rings. The minimum Gasteiger partial charge on any atom is -0.497 e. The summed E-state index contributed by atoms with van der Waals surface area (Å²) in [6.45, 7) is 5.99. The first kappa shape index (κ1) is 35.0. The van der Waals surface area contributed by atoms with E-state index in [0.29, 0.717) is 36.8 Å². The number of carbonyl (C=O) groups is 2. The van der Waals surface area contributed by atoms with Crippen LogP contribution in [0, 0.1) is 0 Å². The molecular weight excluding hydrogens is 598 g/mol. The molecule has 1 atom stereocenters. The van der Waals surface area contributed by atoms with Gasteiger partial charge in [0.2, 0.25) is 11.8 Å². The van der Waals surface area contributed by atoms with Gasteiger partial charge in [-0.3, -0.25) is 13.9 Å². The van der Waals surface area contributed by atoms with E-state index in [1.54, 1.807) is 55.6 Å². The van der Waals surface area contributed by atoms with Crippen molar-refractivity contribution in [2.45, 2.75) is 51.1 Å². The highest BCUT2D eigenvalue weighted by molar-refractivity contribution is 7.92. The van der Waals surface area contributed by atoms with Crippen molar-refractivity contribution < 1.29 is 37.0 Å². The second-order valence-corrected chi connectivity index (χ2v) is 11.9.